The van der Waals surface area contributed by atoms with E-state index in [9.17, 15) is 9.59 Å². The van der Waals surface area contributed by atoms with Crippen molar-refractivity contribution in [3.8, 4) is 22.9 Å². The fraction of sp³-hybridized carbons (Fsp3) is 0.318. The number of benzene rings is 2. The van der Waals surface area contributed by atoms with Gasteiger partial charge in [0.25, 0.3) is 0 Å². The predicted molar refractivity (Wildman–Crippen MR) is 116 cm³/mol. The molecule has 2 aromatic carbocycles. The zero-order valence-corrected chi connectivity index (χ0v) is 17.7. The summed E-state index contributed by atoms with van der Waals surface area (Å²) in [5.41, 5.74) is 6.63. The Bertz CT molecular complexity index is 1070. The molecule has 3 rings (SSSR count). The van der Waals surface area contributed by atoms with Crippen molar-refractivity contribution in [1.82, 2.24) is 15.3 Å². The summed E-state index contributed by atoms with van der Waals surface area (Å²) in [5, 5.41) is 2.70. The summed E-state index contributed by atoms with van der Waals surface area (Å²) in [6.45, 7) is 6.32. The maximum absolute atomic E-state index is 11.6. The topological polar surface area (TPSA) is 129 Å². The first kappa shape index (κ1) is 21.9. The Morgan fingerprint density at radius 3 is 2.68 bits per heavy atom. The lowest BCUT2D eigenvalue weighted by Crippen LogP contribution is -2.33. The van der Waals surface area contributed by atoms with E-state index in [1.165, 1.54) is 0 Å². The summed E-state index contributed by atoms with van der Waals surface area (Å²) in [5.74, 6) is 1.56. The van der Waals surface area contributed by atoms with Gasteiger partial charge < -0.3 is 30.2 Å². The van der Waals surface area contributed by atoms with Crippen molar-refractivity contribution in [2.24, 2.45) is 5.73 Å². The molecular formula is C22H26N4O5. The molecule has 4 N–H and O–H groups in total. The molecule has 1 aromatic heterocycles. The van der Waals surface area contributed by atoms with Crippen molar-refractivity contribution in [3.05, 3.63) is 42.5 Å². The highest BCUT2D eigenvalue weighted by atomic mass is 16.6. The van der Waals surface area contributed by atoms with Crippen LogP contribution in [-0.2, 0) is 4.74 Å². The van der Waals surface area contributed by atoms with Crippen LogP contribution in [-0.4, -0.2) is 40.9 Å². The quantitative estimate of drug-likeness (QED) is 0.490. The van der Waals surface area contributed by atoms with Gasteiger partial charge in [-0.05, 0) is 51.5 Å². The number of H-pyrrole nitrogens is 1. The molecule has 31 heavy (non-hydrogen) atoms. The zero-order valence-electron chi connectivity index (χ0n) is 17.7. The molecule has 0 atom stereocenters. The van der Waals surface area contributed by atoms with Crippen LogP contribution in [0.3, 0.4) is 0 Å². The van der Waals surface area contributed by atoms with Gasteiger partial charge in [-0.1, -0.05) is 18.2 Å². The van der Waals surface area contributed by atoms with Crippen LogP contribution >= 0.6 is 0 Å². The van der Waals surface area contributed by atoms with Crippen LogP contribution in [0, 0.1) is 0 Å². The summed E-state index contributed by atoms with van der Waals surface area (Å²) < 4.78 is 16.0. The number of nitrogens with one attached hydrogen (secondary N) is 2. The Morgan fingerprint density at radius 2 is 1.94 bits per heavy atom. The zero-order chi connectivity index (χ0) is 22.4. The molecule has 0 spiro atoms. The first-order valence-corrected chi connectivity index (χ1v) is 9.87. The smallest absolute Gasteiger partial charge is 0.410 e. The van der Waals surface area contributed by atoms with E-state index in [1.54, 1.807) is 12.1 Å². The molecule has 9 nitrogen and oxygen atoms in total. The normalized spacial score (nSPS) is 11.2. The van der Waals surface area contributed by atoms with E-state index in [4.69, 9.17) is 19.9 Å². The number of carbonyl (C=O) groups excluding carboxylic acids is 2. The number of aromatic nitrogens is 2. The van der Waals surface area contributed by atoms with E-state index >= 15 is 0 Å². The number of aromatic amines is 1. The Balaban J connectivity index is 1.59. The molecule has 0 saturated carbocycles. The second-order valence-corrected chi connectivity index (χ2v) is 7.82. The number of alkyl carbamates (subject to hydrolysis) is 1. The lowest BCUT2D eigenvalue weighted by Gasteiger charge is -2.19. The number of carbonyl (C=O) groups is 2. The minimum absolute atomic E-state index is 0.289. The molecule has 0 bridgehead atoms. The van der Waals surface area contributed by atoms with E-state index in [0.717, 1.165) is 5.56 Å². The Hall–Kier alpha value is -3.75. The average Bonchev–Trinajstić information content (AvgIpc) is 3.12. The van der Waals surface area contributed by atoms with Crippen molar-refractivity contribution in [2.75, 3.05) is 13.2 Å². The van der Waals surface area contributed by atoms with E-state index < -0.39 is 17.8 Å². The maximum Gasteiger partial charge on any atom is 0.410 e. The Kier molecular flexibility index (Phi) is 6.64. The lowest BCUT2D eigenvalue weighted by atomic mass is 10.2. The number of amides is 2. The van der Waals surface area contributed by atoms with Gasteiger partial charge >= 0.3 is 12.2 Å². The molecule has 164 valence electrons. The van der Waals surface area contributed by atoms with E-state index in [1.807, 2.05) is 51.1 Å². The summed E-state index contributed by atoms with van der Waals surface area (Å²) in [6, 6.07) is 12.7. The first-order chi connectivity index (χ1) is 14.7. The van der Waals surface area contributed by atoms with E-state index in [2.05, 4.69) is 15.3 Å². The highest BCUT2D eigenvalue weighted by molar-refractivity contribution is 5.87. The van der Waals surface area contributed by atoms with Crippen LogP contribution in [0.2, 0.25) is 0 Å². The minimum atomic E-state index is -0.895. The number of hydrogen-bond acceptors (Lipinski definition) is 6. The van der Waals surface area contributed by atoms with Gasteiger partial charge in [-0.25, -0.2) is 14.6 Å². The molecule has 0 aliphatic carbocycles. The molecule has 0 fully saturated rings. The van der Waals surface area contributed by atoms with Gasteiger partial charge in [-0.2, -0.15) is 0 Å². The fourth-order valence-electron chi connectivity index (χ4n) is 2.83. The van der Waals surface area contributed by atoms with Crippen molar-refractivity contribution in [2.45, 2.75) is 32.8 Å². The number of nitrogens with zero attached hydrogens (tertiary/aromatic N) is 1. The van der Waals surface area contributed by atoms with Gasteiger partial charge in [0.15, 0.2) is 5.75 Å². The van der Waals surface area contributed by atoms with Gasteiger partial charge in [-0.15, -0.1) is 0 Å². The number of imidazole rings is 1. The second kappa shape index (κ2) is 9.38. The average molecular weight is 426 g/mol. The molecule has 0 saturated heterocycles. The summed E-state index contributed by atoms with van der Waals surface area (Å²) in [6.07, 6.45) is -0.713. The van der Waals surface area contributed by atoms with Crippen LogP contribution in [0.15, 0.2) is 42.5 Å². The number of rotatable bonds is 7. The molecule has 0 radical (unpaired) electrons. The van der Waals surface area contributed by atoms with Crippen LogP contribution in [0.4, 0.5) is 9.59 Å². The van der Waals surface area contributed by atoms with Crippen LogP contribution in [0.5, 0.6) is 11.5 Å². The lowest BCUT2D eigenvalue weighted by molar-refractivity contribution is 0.0525. The molecule has 1 heterocycles. The number of para-hydroxylation sites is 1. The third-order valence-corrected chi connectivity index (χ3v) is 4.05. The molecule has 2 amide bonds. The molecule has 3 aromatic rings. The molecular weight excluding hydrogens is 400 g/mol. The molecule has 9 heteroatoms. The monoisotopic (exact) mass is 426 g/mol. The van der Waals surface area contributed by atoms with Gasteiger partial charge in [0.05, 0.1) is 12.1 Å². The van der Waals surface area contributed by atoms with E-state index in [-0.39, 0.29) is 5.75 Å². The first-order valence-electron chi connectivity index (χ1n) is 9.87. The molecule has 0 aliphatic heterocycles. The largest absolute Gasteiger partial charge is 0.494 e. The number of primary amides is 1. The number of nitrogens with two attached hydrogens (primary N) is 1. The summed E-state index contributed by atoms with van der Waals surface area (Å²) in [7, 11) is 0. The summed E-state index contributed by atoms with van der Waals surface area (Å²) in [4.78, 5) is 30.5. The second-order valence-electron chi connectivity index (χ2n) is 7.82. The predicted octanol–water partition coefficient (Wildman–Crippen LogP) is 3.98. The van der Waals surface area contributed by atoms with Crippen molar-refractivity contribution in [3.63, 3.8) is 0 Å². The third kappa shape index (κ3) is 6.36. The molecule has 0 unspecified atom stereocenters. The molecule has 0 aliphatic rings. The number of hydrogen-bond donors (Lipinski definition) is 3. The van der Waals surface area contributed by atoms with Gasteiger partial charge in [0.2, 0.25) is 0 Å². The third-order valence-electron chi connectivity index (χ3n) is 4.05. The highest BCUT2D eigenvalue weighted by Gasteiger charge is 2.15. The van der Waals surface area contributed by atoms with Gasteiger partial charge in [0.1, 0.15) is 22.7 Å². The number of ether oxygens (including phenoxy) is 3. The van der Waals surface area contributed by atoms with Crippen molar-refractivity contribution < 1.29 is 23.8 Å². The van der Waals surface area contributed by atoms with Gasteiger partial charge in [-0.3, -0.25) is 0 Å². The minimum Gasteiger partial charge on any atom is -0.494 e. The Labute approximate surface area is 179 Å². The standard InChI is InChI=1S/C22H26N4O5/c1-22(2,3)31-21(28)24-11-6-12-29-15-8-4-7-14(13-15)19-25-16-9-5-10-17(18(16)26-19)30-20(23)27/h4-5,7-10,13H,6,11-12H2,1-3H3,(H2,23,27)(H,24,28)(H,25,26). The van der Waals surface area contributed by atoms with E-state index in [0.29, 0.717) is 42.2 Å². The van der Waals surface area contributed by atoms with Crippen LogP contribution in [0.1, 0.15) is 27.2 Å². The van der Waals surface area contributed by atoms with Crippen molar-refractivity contribution in [1.29, 1.82) is 0 Å². The van der Waals surface area contributed by atoms with Crippen LogP contribution < -0.4 is 20.5 Å². The van der Waals surface area contributed by atoms with Crippen LogP contribution in [0.25, 0.3) is 22.4 Å². The highest BCUT2D eigenvalue weighted by Crippen LogP contribution is 2.28. The fourth-order valence-corrected chi connectivity index (χ4v) is 2.83. The SMILES string of the molecule is CC(C)(C)OC(=O)NCCCOc1cccc(-c2nc3c(OC(N)=O)cccc3[nH]2)c1. The number of fused-ring (bicyclic) bond motifs is 1. The Morgan fingerprint density at radius 1 is 1.16 bits per heavy atom. The maximum atomic E-state index is 11.6. The van der Waals surface area contributed by atoms with Crippen molar-refractivity contribution >= 4 is 23.2 Å². The van der Waals surface area contributed by atoms with Gasteiger partial charge in [0, 0.05) is 12.1 Å². The summed E-state index contributed by atoms with van der Waals surface area (Å²) >= 11 is 0.